The summed E-state index contributed by atoms with van der Waals surface area (Å²) in [7, 11) is 0. The van der Waals surface area contributed by atoms with Gasteiger partial charge in [-0.25, -0.2) is 0 Å². The minimum absolute atomic E-state index is 0.419. The first-order chi connectivity index (χ1) is 31.3. The molecule has 2 aliphatic carbocycles. The number of benzene rings is 10. The van der Waals surface area contributed by atoms with Crippen molar-refractivity contribution in [3.8, 4) is 55.6 Å². The van der Waals surface area contributed by atoms with Crippen molar-refractivity contribution in [2.75, 3.05) is 4.90 Å². The van der Waals surface area contributed by atoms with Gasteiger partial charge in [0.25, 0.3) is 0 Å². The van der Waals surface area contributed by atoms with E-state index in [1.165, 1.54) is 66.8 Å². The van der Waals surface area contributed by atoms with Gasteiger partial charge < -0.3 is 9.32 Å². The Hall–Kier alpha value is -8.20. The van der Waals surface area contributed by atoms with E-state index in [-0.39, 0.29) is 0 Å². The van der Waals surface area contributed by atoms with Crippen molar-refractivity contribution in [3.05, 3.63) is 259 Å². The van der Waals surface area contributed by atoms with Crippen molar-refractivity contribution in [3.63, 3.8) is 0 Å². The summed E-state index contributed by atoms with van der Waals surface area (Å²) < 4.78 is 7.23. The summed E-state index contributed by atoms with van der Waals surface area (Å²) in [5.74, 6) is 0. The molecular formula is C61H39NO. The second-order valence-electron chi connectivity index (χ2n) is 16.7. The molecule has 0 N–H and O–H groups in total. The van der Waals surface area contributed by atoms with Crippen LogP contribution in [0.15, 0.2) is 241 Å². The summed E-state index contributed by atoms with van der Waals surface area (Å²) in [5, 5.41) is 2.26. The number of anilines is 3. The molecule has 0 amide bonds. The van der Waals surface area contributed by atoms with Crippen LogP contribution in [0.5, 0.6) is 0 Å². The molecule has 0 bridgehead atoms. The SMILES string of the molecule is c1ccc(-c2ccc(N(c3ccc(-c4cccc5c4oc4c6c(ccc45)C4(c5ccccc5-c5ccccc54)c4ccccc4-6)cc3)c3ccccc3-c3ccccc3)cc2)cc1. The molecule has 1 spiro atoms. The van der Waals surface area contributed by atoms with Crippen LogP contribution in [0.25, 0.3) is 77.6 Å². The van der Waals surface area contributed by atoms with E-state index < -0.39 is 5.41 Å². The van der Waals surface area contributed by atoms with Gasteiger partial charge in [-0.1, -0.05) is 206 Å². The normalized spacial score (nSPS) is 12.9. The lowest BCUT2D eigenvalue weighted by Gasteiger charge is -2.30. The third-order valence-electron chi connectivity index (χ3n) is 13.5. The summed E-state index contributed by atoms with van der Waals surface area (Å²) in [6.07, 6.45) is 0. The zero-order valence-corrected chi connectivity index (χ0v) is 34.4. The van der Waals surface area contributed by atoms with Crippen LogP contribution in [-0.2, 0) is 5.41 Å². The molecule has 0 unspecified atom stereocenters. The number of nitrogens with zero attached hydrogens (tertiary/aromatic N) is 1. The van der Waals surface area contributed by atoms with E-state index in [0.717, 1.165) is 50.1 Å². The molecule has 294 valence electrons. The van der Waals surface area contributed by atoms with Gasteiger partial charge in [0.2, 0.25) is 0 Å². The lowest BCUT2D eigenvalue weighted by atomic mass is 9.70. The Kier molecular flexibility index (Phi) is 7.85. The molecule has 0 saturated carbocycles. The van der Waals surface area contributed by atoms with E-state index >= 15 is 0 Å². The Labute approximate surface area is 366 Å². The van der Waals surface area contributed by atoms with Gasteiger partial charge in [0, 0.05) is 38.8 Å². The van der Waals surface area contributed by atoms with Gasteiger partial charge in [-0.15, -0.1) is 0 Å². The Balaban J connectivity index is 0.958. The second-order valence-corrected chi connectivity index (χ2v) is 16.7. The van der Waals surface area contributed by atoms with Crippen LogP contribution < -0.4 is 4.90 Å². The van der Waals surface area contributed by atoms with Crippen LogP contribution in [0.4, 0.5) is 17.1 Å². The summed E-state index contributed by atoms with van der Waals surface area (Å²) in [6, 6.07) is 86.0. The highest BCUT2D eigenvalue weighted by atomic mass is 16.3. The predicted molar refractivity (Wildman–Crippen MR) is 261 cm³/mol. The molecule has 1 heterocycles. The zero-order chi connectivity index (χ0) is 41.5. The molecule has 0 aliphatic heterocycles. The van der Waals surface area contributed by atoms with Crippen LogP contribution in [-0.4, -0.2) is 0 Å². The maximum Gasteiger partial charge on any atom is 0.143 e. The van der Waals surface area contributed by atoms with E-state index in [0.29, 0.717) is 0 Å². The number of fused-ring (bicyclic) bond motifs is 14. The van der Waals surface area contributed by atoms with Crippen LogP contribution in [0.2, 0.25) is 0 Å². The number of para-hydroxylation sites is 2. The number of hydrogen-bond acceptors (Lipinski definition) is 2. The standard InChI is InChI=1S/C61H39NO/c1-3-16-40(17-4-1)41-30-34-44(35-31-41)62(57-29-14-10-20-46(57)42-18-5-2-6-19-42)45-36-32-43(33-37-45)47-24-15-25-50-51-38-39-56-58(60(51)63-59(47)50)52-23-9-13-28-55(52)61(56)53-26-11-7-21-48(53)49-22-8-12-27-54(49)61/h1-39H. The molecule has 11 aromatic rings. The highest BCUT2D eigenvalue weighted by Gasteiger charge is 2.52. The Morgan fingerprint density at radius 3 is 1.40 bits per heavy atom. The maximum atomic E-state index is 7.23. The topological polar surface area (TPSA) is 16.4 Å². The van der Waals surface area contributed by atoms with Gasteiger partial charge in [0.1, 0.15) is 11.2 Å². The lowest BCUT2D eigenvalue weighted by molar-refractivity contribution is 0.670. The quantitative estimate of drug-likeness (QED) is 0.167. The molecule has 0 fully saturated rings. The average Bonchev–Trinajstić information content (AvgIpc) is 4.00. The smallest absolute Gasteiger partial charge is 0.143 e. The summed E-state index contributed by atoms with van der Waals surface area (Å²) in [4.78, 5) is 2.37. The minimum Gasteiger partial charge on any atom is -0.455 e. The highest BCUT2D eigenvalue weighted by molar-refractivity contribution is 6.15. The molecule has 13 rings (SSSR count). The first-order valence-corrected chi connectivity index (χ1v) is 21.8. The Morgan fingerprint density at radius 1 is 0.286 bits per heavy atom. The summed E-state index contributed by atoms with van der Waals surface area (Å²) >= 11 is 0. The first kappa shape index (κ1) is 35.5. The molecule has 0 saturated heterocycles. The van der Waals surface area contributed by atoms with Gasteiger partial charge in [0.15, 0.2) is 0 Å². The van der Waals surface area contributed by atoms with Gasteiger partial charge in [-0.2, -0.15) is 0 Å². The summed E-state index contributed by atoms with van der Waals surface area (Å²) in [5.41, 5.74) is 21.9. The second kappa shape index (κ2) is 13.9. The van der Waals surface area contributed by atoms with Crippen molar-refractivity contribution in [2.24, 2.45) is 0 Å². The fourth-order valence-electron chi connectivity index (χ4n) is 10.8. The van der Waals surface area contributed by atoms with E-state index in [4.69, 9.17) is 4.42 Å². The molecule has 0 atom stereocenters. The van der Waals surface area contributed by atoms with Crippen molar-refractivity contribution >= 4 is 39.0 Å². The molecule has 2 heteroatoms. The zero-order valence-electron chi connectivity index (χ0n) is 34.4. The van der Waals surface area contributed by atoms with E-state index in [1.54, 1.807) is 0 Å². The third kappa shape index (κ3) is 5.19. The largest absolute Gasteiger partial charge is 0.455 e. The first-order valence-electron chi connectivity index (χ1n) is 21.8. The Bertz CT molecular complexity index is 3500. The average molecular weight is 802 g/mol. The summed E-state index contributed by atoms with van der Waals surface area (Å²) in [6.45, 7) is 0. The van der Waals surface area contributed by atoms with E-state index in [1.807, 2.05) is 0 Å². The minimum atomic E-state index is -0.419. The van der Waals surface area contributed by atoms with Gasteiger partial charge in [-0.3, -0.25) is 0 Å². The molecule has 2 nitrogen and oxygen atoms in total. The number of furan rings is 1. The van der Waals surface area contributed by atoms with Crippen LogP contribution in [0, 0.1) is 0 Å². The maximum absolute atomic E-state index is 7.23. The van der Waals surface area contributed by atoms with Crippen molar-refractivity contribution in [1.82, 2.24) is 0 Å². The fraction of sp³-hybridized carbons (Fsp3) is 0.0164. The van der Waals surface area contributed by atoms with Crippen LogP contribution >= 0.6 is 0 Å². The van der Waals surface area contributed by atoms with Gasteiger partial charge >= 0.3 is 0 Å². The van der Waals surface area contributed by atoms with Crippen molar-refractivity contribution < 1.29 is 4.42 Å². The van der Waals surface area contributed by atoms with Crippen molar-refractivity contribution in [1.29, 1.82) is 0 Å². The Morgan fingerprint density at radius 2 is 0.746 bits per heavy atom. The fourth-order valence-corrected chi connectivity index (χ4v) is 10.8. The third-order valence-corrected chi connectivity index (χ3v) is 13.5. The molecule has 0 radical (unpaired) electrons. The van der Waals surface area contributed by atoms with E-state index in [2.05, 4.69) is 241 Å². The molecule has 1 aromatic heterocycles. The molecule has 10 aromatic carbocycles. The van der Waals surface area contributed by atoms with E-state index in [9.17, 15) is 0 Å². The molecule has 2 aliphatic rings. The number of hydrogen-bond donors (Lipinski definition) is 0. The van der Waals surface area contributed by atoms with Gasteiger partial charge in [-0.05, 0) is 91.5 Å². The number of rotatable bonds is 6. The molecule has 63 heavy (non-hydrogen) atoms. The highest BCUT2D eigenvalue weighted by Crippen LogP contribution is 2.64. The predicted octanol–water partition coefficient (Wildman–Crippen LogP) is 16.4. The lowest BCUT2D eigenvalue weighted by Crippen LogP contribution is -2.25. The van der Waals surface area contributed by atoms with Crippen LogP contribution in [0.3, 0.4) is 0 Å². The monoisotopic (exact) mass is 801 g/mol. The van der Waals surface area contributed by atoms with Crippen molar-refractivity contribution in [2.45, 2.75) is 5.41 Å². The van der Waals surface area contributed by atoms with Crippen LogP contribution in [0.1, 0.15) is 22.3 Å². The van der Waals surface area contributed by atoms with Gasteiger partial charge in [0.05, 0.1) is 11.1 Å². The molecular weight excluding hydrogens is 763 g/mol.